The van der Waals surface area contributed by atoms with E-state index < -0.39 is 6.04 Å². The fourth-order valence-electron chi connectivity index (χ4n) is 2.14. The maximum absolute atomic E-state index is 11.7. The molecule has 0 aromatic heterocycles. The van der Waals surface area contributed by atoms with Gasteiger partial charge in [0.2, 0.25) is 5.91 Å². The van der Waals surface area contributed by atoms with Crippen LogP contribution in [0, 0.1) is 0 Å². The van der Waals surface area contributed by atoms with Crippen molar-refractivity contribution in [3.05, 3.63) is 24.3 Å². The first-order valence-corrected chi connectivity index (χ1v) is 6.16. The number of benzene rings is 1. The van der Waals surface area contributed by atoms with Gasteiger partial charge in [-0.05, 0) is 31.2 Å². The van der Waals surface area contributed by atoms with E-state index in [0.717, 1.165) is 18.8 Å². The molecule has 1 aliphatic rings. The van der Waals surface area contributed by atoms with Gasteiger partial charge >= 0.3 is 0 Å². The second kappa shape index (κ2) is 5.27. The number of amides is 1. The Bertz CT molecular complexity index is 409. The number of carbonyl (C=O) groups is 1. The van der Waals surface area contributed by atoms with Crippen LogP contribution in [0.5, 0.6) is 5.75 Å². The van der Waals surface area contributed by atoms with Crippen LogP contribution >= 0.6 is 0 Å². The molecule has 1 heterocycles. The molecule has 98 valence electrons. The molecule has 1 atom stereocenters. The molecule has 0 bridgehead atoms. The minimum atomic E-state index is -0.426. The number of carbonyl (C=O) groups excluding carboxylic acids is 1. The SMILES string of the molecule is C[C@@H](N)C(=O)N1CCN(c2ccc(O)cc2)CC1. The molecule has 0 saturated carbocycles. The van der Waals surface area contributed by atoms with Gasteiger partial charge in [0, 0.05) is 31.9 Å². The first-order valence-electron chi connectivity index (χ1n) is 6.16. The van der Waals surface area contributed by atoms with Crippen LogP contribution in [-0.2, 0) is 4.79 Å². The number of phenols is 1. The molecule has 2 rings (SSSR count). The number of hydrogen-bond acceptors (Lipinski definition) is 4. The summed E-state index contributed by atoms with van der Waals surface area (Å²) < 4.78 is 0. The van der Waals surface area contributed by atoms with Crippen molar-refractivity contribution in [2.24, 2.45) is 5.73 Å². The van der Waals surface area contributed by atoms with Gasteiger partial charge in [0.15, 0.2) is 0 Å². The molecule has 5 nitrogen and oxygen atoms in total. The Morgan fingerprint density at radius 1 is 1.22 bits per heavy atom. The van der Waals surface area contributed by atoms with E-state index >= 15 is 0 Å². The Hall–Kier alpha value is -1.75. The molecule has 1 aromatic carbocycles. The lowest BCUT2D eigenvalue weighted by atomic mass is 10.2. The van der Waals surface area contributed by atoms with Crippen LogP contribution in [0.15, 0.2) is 24.3 Å². The Labute approximate surface area is 107 Å². The first-order chi connectivity index (χ1) is 8.58. The van der Waals surface area contributed by atoms with E-state index in [-0.39, 0.29) is 11.7 Å². The van der Waals surface area contributed by atoms with Crippen LogP contribution in [0.1, 0.15) is 6.92 Å². The van der Waals surface area contributed by atoms with Gasteiger partial charge in [-0.25, -0.2) is 0 Å². The number of nitrogens with zero attached hydrogens (tertiary/aromatic N) is 2. The Balaban J connectivity index is 1.94. The summed E-state index contributed by atoms with van der Waals surface area (Å²) in [7, 11) is 0. The van der Waals surface area contributed by atoms with Crippen molar-refractivity contribution in [2.45, 2.75) is 13.0 Å². The second-order valence-corrected chi connectivity index (χ2v) is 4.62. The van der Waals surface area contributed by atoms with E-state index in [4.69, 9.17) is 5.73 Å². The van der Waals surface area contributed by atoms with Crippen molar-refractivity contribution >= 4 is 11.6 Å². The van der Waals surface area contributed by atoms with Crippen LogP contribution in [0.2, 0.25) is 0 Å². The molecule has 0 aliphatic carbocycles. The summed E-state index contributed by atoms with van der Waals surface area (Å²) in [5.41, 5.74) is 6.67. The summed E-state index contributed by atoms with van der Waals surface area (Å²) in [5.74, 6) is 0.282. The van der Waals surface area contributed by atoms with Crippen LogP contribution in [0.3, 0.4) is 0 Å². The smallest absolute Gasteiger partial charge is 0.239 e. The van der Waals surface area contributed by atoms with E-state index in [9.17, 15) is 9.90 Å². The number of anilines is 1. The highest BCUT2D eigenvalue weighted by molar-refractivity contribution is 5.81. The van der Waals surface area contributed by atoms with E-state index in [1.807, 2.05) is 17.0 Å². The lowest BCUT2D eigenvalue weighted by Crippen LogP contribution is -2.52. The molecule has 1 aromatic rings. The summed E-state index contributed by atoms with van der Waals surface area (Å²) in [6.45, 7) is 4.70. The molecule has 1 amide bonds. The van der Waals surface area contributed by atoms with Crippen molar-refractivity contribution in [2.75, 3.05) is 31.1 Å². The normalized spacial score (nSPS) is 17.7. The maximum atomic E-state index is 11.7. The number of nitrogens with two attached hydrogens (primary N) is 1. The Morgan fingerprint density at radius 3 is 2.28 bits per heavy atom. The van der Waals surface area contributed by atoms with Crippen molar-refractivity contribution in [3.63, 3.8) is 0 Å². The number of aromatic hydroxyl groups is 1. The summed E-state index contributed by atoms with van der Waals surface area (Å²) in [6.07, 6.45) is 0. The van der Waals surface area contributed by atoms with Gasteiger partial charge in [-0.3, -0.25) is 4.79 Å². The van der Waals surface area contributed by atoms with Crippen molar-refractivity contribution in [3.8, 4) is 5.75 Å². The molecule has 18 heavy (non-hydrogen) atoms. The van der Waals surface area contributed by atoms with E-state index in [0.29, 0.717) is 13.1 Å². The predicted molar refractivity (Wildman–Crippen MR) is 70.5 cm³/mol. The van der Waals surface area contributed by atoms with Gasteiger partial charge in [0.1, 0.15) is 5.75 Å². The lowest BCUT2D eigenvalue weighted by Gasteiger charge is -2.36. The topological polar surface area (TPSA) is 69.8 Å². The zero-order valence-electron chi connectivity index (χ0n) is 10.5. The summed E-state index contributed by atoms with van der Waals surface area (Å²) >= 11 is 0. The summed E-state index contributed by atoms with van der Waals surface area (Å²) in [4.78, 5) is 15.7. The zero-order chi connectivity index (χ0) is 13.1. The number of phenolic OH excluding ortho intramolecular Hbond substituents is 1. The highest BCUT2D eigenvalue weighted by Crippen LogP contribution is 2.19. The molecule has 5 heteroatoms. The third-order valence-corrected chi connectivity index (χ3v) is 3.20. The minimum Gasteiger partial charge on any atom is -0.508 e. The molecule has 0 spiro atoms. The first kappa shape index (κ1) is 12.7. The predicted octanol–water partition coefficient (Wildman–Crippen LogP) is 0.388. The van der Waals surface area contributed by atoms with E-state index in [2.05, 4.69) is 4.90 Å². The van der Waals surface area contributed by atoms with Gasteiger partial charge in [-0.15, -0.1) is 0 Å². The molecule has 0 radical (unpaired) electrons. The van der Waals surface area contributed by atoms with Gasteiger partial charge in [0.25, 0.3) is 0 Å². The number of hydrogen-bond donors (Lipinski definition) is 2. The highest BCUT2D eigenvalue weighted by Gasteiger charge is 2.23. The van der Waals surface area contributed by atoms with Gasteiger partial charge in [-0.1, -0.05) is 0 Å². The zero-order valence-corrected chi connectivity index (χ0v) is 10.5. The van der Waals surface area contributed by atoms with E-state index in [1.165, 1.54) is 0 Å². The summed E-state index contributed by atoms with van der Waals surface area (Å²) in [5, 5.41) is 9.25. The molecule has 1 fully saturated rings. The third kappa shape index (κ3) is 2.73. The molecule has 1 aliphatic heterocycles. The van der Waals surface area contributed by atoms with Gasteiger partial charge < -0.3 is 20.6 Å². The van der Waals surface area contributed by atoms with Crippen LogP contribution in [0.4, 0.5) is 5.69 Å². The average Bonchev–Trinajstić information content (AvgIpc) is 2.39. The fourth-order valence-corrected chi connectivity index (χ4v) is 2.14. The number of piperazine rings is 1. The minimum absolute atomic E-state index is 0.0142. The highest BCUT2D eigenvalue weighted by atomic mass is 16.3. The fraction of sp³-hybridized carbons (Fsp3) is 0.462. The number of rotatable bonds is 2. The summed E-state index contributed by atoms with van der Waals surface area (Å²) in [6, 6.07) is 6.70. The molecular weight excluding hydrogens is 230 g/mol. The monoisotopic (exact) mass is 249 g/mol. The van der Waals surface area contributed by atoms with E-state index in [1.54, 1.807) is 19.1 Å². The molecule has 3 N–H and O–H groups in total. The standard InChI is InChI=1S/C13H19N3O2/c1-10(14)13(18)16-8-6-15(7-9-16)11-2-4-12(17)5-3-11/h2-5,10,17H,6-9,14H2,1H3/t10-/m1/s1. The van der Waals surface area contributed by atoms with Gasteiger partial charge in [-0.2, -0.15) is 0 Å². The molecule has 0 unspecified atom stereocenters. The molecule has 1 saturated heterocycles. The van der Waals surface area contributed by atoms with Crippen LogP contribution in [-0.4, -0.2) is 48.1 Å². The quantitative estimate of drug-likeness (QED) is 0.795. The lowest BCUT2D eigenvalue weighted by molar-refractivity contribution is -0.132. The second-order valence-electron chi connectivity index (χ2n) is 4.62. The van der Waals surface area contributed by atoms with Crippen molar-refractivity contribution in [1.82, 2.24) is 4.90 Å². The third-order valence-electron chi connectivity index (χ3n) is 3.20. The average molecular weight is 249 g/mol. The maximum Gasteiger partial charge on any atom is 0.239 e. The van der Waals surface area contributed by atoms with Crippen LogP contribution in [0.25, 0.3) is 0 Å². The van der Waals surface area contributed by atoms with Crippen molar-refractivity contribution < 1.29 is 9.90 Å². The van der Waals surface area contributed by atoms with Gasteiger partial charge in [0.05, 0.1) is 6.04 Å². The largest absolute Gasteiger partial charge is 0.508 e. The Morgan fingerprint density at radius 2 is 1.78 bits per heavy atom. The Kier molecular flexibility index (Phi) is 3.72. The molecular formula is C13H19N3O2. The van der Waals surface area contributed by atoms with Crippen molar-refractivity contribution in [1.29, 1.82) is 0 Å². The van der Waals surface area contributed by atoms with Crippen LogP contribution < -0.4 is 10.6 Å².